The zero-order valence-corrected chi connectivity index (χ0v) is 13.5. The molecule has 0 bridgehead atoms. The average Bonchev–Trinajstić information content (AvgIpc) is 3.24. The van der Waals surface area contributed by atoms with Gasteiger partial charge in [-0.3, -0.25) is 4.79 Å². The summed E-state index contributed by atoms with van der Waals surface area (Å²) >= 11 is 0. The Bertz CT molecular complexity index is 589. The molecule has 6 nitrogen and oxygen atoms in total. The topological polar surface area (TPSA) is 81.7 Å². The van der Waals surface area contributed by atoms with Crippen molar-refractivity contribution >= 4 is 23.5 Å². The first-order chi connectivity index (χ1) is 11.0. The van der Waals surface area contributed by atoms with Gasteiger partial charge in [-0.15, -0.1) is 0 Å². The lowest BCUT2D eigenvalue weighted by Crippen LogP contribution is -2.16. The van der Waals surface area contributed by atoms with Gasteiger partial charge in [-0.25, -0.2) is 9.59 Å². The Morgan fingerprint density at radius 2 is 1.52 bits per heavy atom. The maximum atomic E-state index is 12.1. The summed E-state index contributed by atoms with van der Waals surface area (Å²) in [5.74, 6) is -0.837. The Labute approximate surface area is 135 Å². The van der Waals surface area contributed by atoms with E-state index in [0.717, 1.165) is 6.42 Å². The van der Waals surface area contributed by atoms with Crippen LogP contribution in [0.3, 0.4) is 0 Å². The number of hydrogen-bond donors (Lipinski definition) is 1. The molecular weight excluding hydrogens is 298 g/mol. The molecule has 1 aliphatic carbocycles. The number of carbonyl (C=O) groups excluding carboxylic acids is 3. The van der Waals surface area contributed by atoms with Gasteiger partial charge in [-0.1, -0.05) is 6.92 Å². The van der Waals surface area contributed by atoms with Crippen molar-refractivity contribution in [1.82, 2.24) is 0 Å². The molecule has 0 spiro atoms. The first-order valence-corrected chi connectivity index (χ1v) is 7.76. The minimum absolute atomic E-state index is 0.00714. The molecule has 1 amide bonds. The molecule has 0 aromatic heterocycles. The first kappa shape index (κ1) is 17.0. The Morgan fingerprint density at radius 1 is 1.04 bits per heavy atom. The molecule has 1 aliphatic rings. The van der Waals surface area contributed by atoms with Crippen molar-refractivity contribution in [3.63, 3.8) is 0 Å². The largest absolute Gasteiger partial charge is 0.462 e. The molecule has 2 atom stereocenters. The van der Waals surface area contributed by atoms with Crippen molar-refractivity contribution in [2.75, 3.05) is 18.5 Å². The average molecular weight is 319 g/mol. The highest BCUT2D eigenvalue weighted by molar-refractivity contribution is 6.00. The van der Waals surface area contributed by atoms with Gasteiger partial charge in [-0.2, -0.15) is 0 Å². The van der Waals surface area contributed by atoms with Crippen LogP contribution in [0.15, 0.2) is 18.2 Å². The molecule has 1 N–H and O–H groups in total. The Balaban J connectivity index is 2.26. The van der Waals surface area contributed by atoms with Crippen LogP contribution < -0.4 is 5.32 Å². The summed E-state index contributed by atoms with van der Waals surface area (Å²) in [6.07, 6.45) is 0.855. The molecule has 1 aromatic carbocycles. The van der Waals surface area contributed by atoms with Gasteiger partial charge in [0.05, 0.1) is 24.3 Å². The molecule has 0 heterocycles. The molecule has 124 valence electrons. The van der Waals surface area contributed by atoms with Crippen LogP contribution in [0, 0.1) is 11.8 Å². The van der Waals surface area contributed by atoms with Crippen LogP contribution in [0.4, 0.5) is 5.69 Å². The van der Waals surface area contributed by atoms with E-state index in [0.29, 0.717) is 11.6 Å². The fraction of sp³-hybridized carbons (Fsp3) is 0.471. The minimum Gasteiger partial charge on any atom is -0.462 e. The third-order valence-electron chi connectivity index (χ3n) is 3.67. The lowest BCUT2D eigenvalue weighted by Gasteiger charge is -2.10. The number of rotatable bonds is 6. The molecule has 2 rings (SSSR count). The van der Waals surface area contributed by atoms with E-state index in [1.165, 1.54) is 18.2 Å². The number of anilines is 1. The van der Waals surface area contributed by atoms with Gasteiger partial charge in [0.1, 0.15) is 0 Å². The molecule has 1 aromatic rings. The molecule has 0 saturated heterocycles. The number of esters is 2. The highest BCUT2D eigenvalue weighted by Gasteiger charge is 2.39. The van der Waals surface area contributed by atoms with Crippen LogP contribution >= 0.6 is 0 Å². The normalized spacial score (nSPS) is 18.9. The van der Waals surface area contributed by atoms with E-state index in [2.05, 4.69) is 5.32 Å². The molecule has 1 saturated carbocycles. The lowest BCUT2D eigenvalue weighted by molar-refractivity contribution is -0.117. The monoisotopic (exact) mass is 319 g/mol. The molecule has 0 radical (unpaired) electrons. The fourth-order valence-corrected chi connectivity index (χ4v) is 2.29. The van der Waals surface area contributed by atoms with Gasteiger partial charge in [0.25, 0.3) is 0 Å². The minimum atomic E-state index is -0.547. The smallest absolute Gasteiger partial charge is 0.338 e. The Hall–Kier alpha value is -2.37. The predicted octanol–water partition coefficient (Wildman–Crippen LogP) is 2.63. The molecule has 2 unspecified atom stereocenters. The second-order valence-corrected chi connectivity index (χ2v) is 5.55. The third-order valence-corrected chi connectivity index (χ3v) is 3.67. The van der Waals surface area contributed by atoms with Crippen molar-refractivity contribution in [2.45, 2.75) is 27.2 Å². The summed E-state index contributed by atoms with van der Waals surface area (Å²) in [5.41, 5.74) is 0.802. The second kappa shape index (κ2) is 7.26. The van der Waals surface area contributed by atoms with Gasteiger partial charge in [0.15, 0.2) is 0 Å². The van der Waals surface area contributed by atoms with Crippen molar-refractivity contribution in [3.05, 3.63) is 29.3 Å². The van der Waals surface area contributed by atoms with Gasteiger partial charge in [-0.05, 0) is 44.4 Å². The van der Waals surface area contributed by atoms with E-state index in [4.69, 9.17) is 9.47 Å². The summed E-state index contributed by atoms with van der Waals surface area (Å²) in [6.45, 7) is 5.85. The van der Waals surface area contributed by atoms with E-state index in [1.807, 2.05) is 6.92 Å². The van der Waals surface area contributed by atoms with Crippen molar-refractivity contribution in [3.8, 4) is 0 Å². The summed E-state index contributed by atoms with van der Waals surface area (Å²) in [7, 11) is 0. The number of amides is 1. The second-order valence-electron chi connectivity index (χ2n) is 5.55. The summed E-state index contributed by atoms with van der Waals surface area (Å²) in [6, 6.07) is 4.42. The van der Waals surface area contributed by atoms with Crippen molar-refractivity contribution in [1.29, 1.82) is 0 Å². The summed E-state index contributed by atoms with van der Waals surface area (Å²) < 4.78 is 9.91. The standard InChI is InChI=1S/C17H21NO5/c1-4-22-16(20)11-7-12(17(21)23-5-2)9-13(8-11)18-15(19)14-6-10(14)3/h7-10,14H,4-6H2,1-3H3,(H,18,19). The molecule has 23 heavy (non-hydrogen) atoms. The molecular formula is C17H21NO5. The highest BCUT2D eigenvalue weighted by Crippen LogP contribution is 2.38. The number of carbonyl (C=O) groups is 3. The van der Waals surface area contributed by atoms with Crippen molar-refractivity contribution < 1.29 is 23.9 Å². The van der Waals surface area contributed by atoms with E-state index < -0.39 is 11.9 Å². The number of hydrogen-bond acceptors (Lipinski definition) is 5. The van der Waals surface area contributed by atoms with Gasteiger partial charge in [0.2, 0.25) is 5.91 Å². The zero-order chi connectivity index (χ0) is 17.0. The van der Waals surface area contributed by atoms with E-state index in [9.17, 15) is 14.4 Å². The zero-order valence-electron chi connectivity index (χ0n) is 13.5. The van der Waals surface area contributed by atoms with Crippen LogP contribution in [-0.2, 0) is 14.3 Å². The van der Waals surface area contributed by atoms with E-state index in [1.54, 1.807) is 13.8 Å². The molecule has 6 heteroatoms. The first-order valence-electron chi connectivity index (χ1n) is 7.76. The molecule has 0 aliphatic heterocycles. The van der Waals surface area contributed by atoms with E-state index in [-0.39, 0.29) is 36.2 Å². The number of benzene rings is 1. The van der Waals surface area contributed by atoms with Crippen LogP contribution in [-0.4, -0.2) is 31.1 Å². The van der Waals surface area contributed by atoms with Crippen LogP contribution in [0.25, 0.3) is 0 Å². The fourth-order valence-electron chi connectivity index (χ4n) is 2.29. The van der Waals surface area contributed by atoms with Crippen LogP contribution in [0.5, 0.6) is 0 Å². The Morgan fingerprint density at radius 3 is 1.91 bits per heavy atom. The van der Waals surface area contributed by atoms with E-state index >= 15 is 0 Å². The van der Waals surface area contributed by atoms with Crippen LogP contribution in [0.1, 0.15) is 47.9 Å². The summed E-state index contributed by atoms with van der Waals surface area (Å²) in [4.78, 5) is 35.9. The van der Waals surface area contributed by atoms with Gasteiger partial charge in [0, 0.05) is 11.6 Å². The summed E-state index contributed by atoms with van der Waals surface area (Å²) in [5, 5.41) is 2.75. The highest BCUT2D eigenvalue weighted by atomic mass is 16.5. The van der Waals surface area contributed by atoms with Crippen LogP contribution in [0.2, 0.25) is 0 Å². The number of ether oxygens (including phenoxy) is 2. The quantitative estimate of drug-likeness (QED) is 0.815. The Kier molecular flexibility index (Phi) is 5.36. The number of nitrogens with one attached hydrogen (secondary N) is 1. The van der Waals surface area contributed by atoms with Crippen molar-refractivity contribution in [2.24, 2.45) is 11.8 Å². The maximum absolute atomic E-state index is 12.1. The lowest BCUT2D eigenvalue weighted by atomic mass is 10.1. The predicted molar refractivity (Wildman–Crippen MR) is 84.3 cm³/mol. The van der Waals surface area contributed by atoms with Gasteiger partial charge >= 0.3 is 11.9 Å². The maximum Gasteiger partial charge on any atom is 0.338 e. The SMILES string of the molecule is CCOC(=O)c1cc(NC(=O)C2CC2C)cc(C(=O)OCC)c1. The van der Waals surface area contributed by atoms with Gasteiger partial charge < -0.3 is 14.8 Å². The third kappa shape index (κ3) is 4.31. The molecule has 1 fully saturated rings.